The Kier molecular flexibility index (Phi) is 25.9. The predicted molar refractivity (Wildman–Crippen MR) is 124 cm³/mol. The molecule has 0 bridgehead atoms. The molecule has 168 valence electrons. The summed E-state index contributed by atoms with van der Waals surface area (Å²) in [6, 6.07) is 0.786. The molecular weight excluding hydrogens is 334 g/mol. The molecule has 3 heterocycles. The van der Waals surface area contributed by atoms with E-state index in [4.69, 9.17) is 9.47 Å². The molecule has 3 aliphatic heterocycles. The van der Waals surface area contributed by atoms with Crippen LogP contribution in [-0.2, 0) is 9.47 Å². The van der Waals surface area contributed by atoms with Crippen LogP contribution in [0.5, 0.6) is 0 Å². The van der Waals surface area contributed by atoms with Crippen molar-refractivity contribution in [1.82, 2.24) is 4.90 Å². The van der Waals surface area contributed by atoms with E-state index in [-0.39, 0.29) is 0 Å². The molecule has 0 aliphatic carbocycles. The number of likely N-dealkylation sites (tertiary alicyclic amines) is 1. The highest BCUT2D eigenvalue weighted by Crippen LogP contribution is 2.19. The maximum absolute atomic E-state index is 5.19. The van der Waals surface area contributed by atoms with Crippen LogP contribution in [0.25, 0.3) is 0 Å². The summed E-state index contributed by atoms with van der Waals surface area (Å²) < 4.78 is 10.2. The second-order valence-electron chi connectivity index (χ2n) is 7.47. The third kappa shape index (κ3) is 16.5. The molecule has 0 radical (unpaired) electrons. The maximum atomic E-state index is 5.19. The van der Waals surface area contributed by atoms with Gasteiger partial charge >= 0.3 is 0 Å². The van der Waals surface area contributed by atoms with E-state index in [0.29, 0.717) is 6.10 Å². The van der Waals surface area contributed by atoms with E-state index in [2.05, 4.69) is 46.4 Å². The van der Waals surface area contributed by atoms with E-state index in [1.54, 1.807) is 0 Å². The molecule has 1 atom stereocenters. The molecule has 3 fully saturated rings. The van der Waals surface area contributed by atoms with Crippen molar-refractivity contribution >= 4 is 0 Å². The van der Waals surface area contributed by atoms with E-state index in [1.807, 2.05) is 41.5 Å². The number of rotatable bonds is 3. The summed E-state index contributed by atoms with van der Waals surface area (Å²) in [6.45, 7) is 31.0. The Bertz CT molecular complexity index is 212. The third-order valence-corrected chi connectivity index (χ3v) is 4.71. The highest BCUT2D eigenvalue weighted by Gasteiger charge is 2.21. The summed E-state index contributed by atoms with van der Waals surface area (Å²) in [5.74, 6) is 2.42. The minimum absolute atomic E-state index is 0.583. The molecule has 0 aromatic rings. The van der Waals surface area contributed by atoms with Gasteiger partial charge in [0.2, 0.25) is 0 Å². The normalized spacial score (nSPS) is 20.3. The highest BCUT2D eigenvalue weighted by atomic mass is 16.5. The summed E-state index contributed by atoms with van der Waals surface area (Å²) in [6.07, 6.45) is 3.27. The fraction of sp³-hybridized carbons (Fsp3) is 1.00. The van der Waals surface area contributed by atoms with Crippen LogP contribution in [-0.4, -0.2) is 50.0 Å². The molecule has 0 aromatic heterocycles. The molecule has 3 heteroatoms. The van der Waals surface area contributed by atoms with Crippen molar-refractivity contribution in [2.24, 2.45) is 17.8 Å². The number of hydrogen-bond acceptors (Lipinski definition) is 3. The quantitative estimate of drug-likeness (QED) is 0.524. The molecule has 3 saturated heterocycles. The Morgan fingerprint density at radius 3 is 1.19 bits per heavy atom. The molecule has 27 heavy (non-hydrogen) atoms. The molecule has 0 spiro atoms. The highest BCUT2D eigenvalue weighted by molar-refractivity contribution is 4.71. The van der Waals surface area contributed by atoms with Gasteiger partial charge in [0.1, 0.15) is 0 Å². The van der Waals surface area contributed by atoms with Gasteiger partial charge in [-0.25, -0.2) is 0 Å². The molecule has 3 nitrogen and oxygen atoms in total. The van der Waals surface area contributed by atoms with Crippen molar-refractivity contribution in [3.8, 4) is 0 Å². The van der Waals surface area contributed by atoms with Crippen LogP contribution >= 0.6 is 0 Å². The third-order valence-electron chi connectivity index (χ3n) is 4.71. The van der Waals surface area contributed by atoms with Crippen LogP contribution in [0, 0.1) is 17.8 Å². The van der Waals surface area contributed by atoms with Gasteiger partial charge in [-0.3, -0.25) is 0 Å². The zero-order valence-corrected chi connectivity index (χ0v) is 21.1. The zero-order valence-electron chi connectivity index (χ0n) is 21.1. The maximum Gasteiger partial charge on any atom is 0.0619 e. The molecule has 0 N–H and O–H groups in total. The first-order valence-corrected chi connectivity index (χ1v) is 11.8. The molecule has 0 saturated carbocycles. The van der Waals surface area contributed by atoms with Crippen molar-refractivity contribution < 1.29 is 9.47 Å². The van der Waals surface area contributed by atoms with E-state index in [0.717, 1.165) is 43.6 Å². The van der Waals surface area contributed by atoms with E-state index in [1.165, 1.54) is 25.9 Å². The second-order valence-corrected chi connectivity index (χ2v) is 7.47. The molecule has 0 aromatic carbocycles. The first kappa shape index (κ1) is 31.6. The largest absolute Gasteiger partial charge is 0.381 e. The van der Waals surface area contributed by atoms with E-state index < -0.39 is 0 Å². The summed E-state index contributed by atoms with van der Waals surface area (Å²) in [4.78, 5) is 2.47. The lowest BCUT2D eigenvalue weighted by atomic mass is 9.95. The van der Waals surface area contributed by atoms with Crippen molar-refractivity contribution in [3.63, 3.8) is 0 Å². The number of nitrogens with zero attached hydrogens (tertiary/aromatic N) is 1. The van der Waals surface area contributed by atoms with Gasteiger partial charge in [0.15, 0.2) is 0 Å². The Hall–Kier alpha value is -0.120. The van der Waals surface area contributed by atoms with Gasteiger partial charge in [0.05, 0.1) is 19.3 Å². The number of hydrogen-bond donors (Lipinski definition) is 0. The van der Waals surface area contributed by atoms with Gasteiger partial charge in [-0.1, -0.05) is 69.2 Å². The summed E-state index contributed by atoms with van der Waals surface area (Å²) in [7, 11) is 0. The fourth-order valence-corrected chi connectivity index (χ4v) is 2.28. The summed E-state index contributed by atoms with van der Waals surface area (Å²) >= 11 is 0. The standard InChI is InChI=1S/C6H13N.2C6H12O.3C2H6/c1-6(2)7-4-3-5-7;1-5(2)6-3-7-4-6;1-5(2)6-3-4-7-6;3*1-2/h6H,3-5H2,1-2H3;2*5-6H,3-4H2,1-2H3;3*1-2H3. The van der Waals surface area contributed by atoms with Crippen LogP contribution in [0.15, 0.2) is 0 Å². The van der Waals surface area contributed by atoms with Crippen LogP contribution in [0.3, 0.4) is 0 Å². The first-order chi connectivity index (χ1) is 12.9. The van der Waals surface area contributed by atoms with Crippen LogP contribution in [0.4, 0.5) is 0 Å². The van der Waals surface area contributed by atoms with Crippen molar-refractivity contribution in [1.29, 1.82) is 0 Å². The Balaban J connectivity index is -0.000000281. The average Bonchev–Trinajstić information content (AvgIpc) is 2.48. The van der Waals surface area contributed by atoms with Crippen molar-refractivity contribution in [3.05, 3.63) is 0 Å². The van der Waals surface area contributed by atoms with Crippen LogP contribution in [0.1, 0.15) is 95.9 Å². The van der Waals surface area contributed by atoms with Crippen LogP contribution in [0.2, 0.25) is 0 Å². The Morgan fingerprint density at radius 2 is 1.19 bits per heavy atom. The lowest BCUT2D eigenvalue weighted by molar-refractivity contribution is -0.0763. The SMILES string of the molecule is CC.CC.CC.CC(C)C1CCO1.CC(C)C1COC1.CC(C)N1CCC1. The van der Waals surface area contributed by atoms with Gasteiger partial charge in [-0.15, -0.1) is 0 Å². The Labute approximate surface area is 173 Å². The second kappa shape index (κ2) is 22.2. The van der Waals surface area contributed by atoms with Crippen molar-refractivity contribution in [2.45, 2.75) is 108 Å². The average molecular weight is 390 g/mol. The van der Waals surface area contributed by atoms with E-state index in [9.17, 15) is 0 Å². The number of ether oxygens (including phenoxy) is 2. The van der Waals surface area contributed by atoms with Gasteiger partial charge in [0, 0.05) is 18.6 Å². The van der Waals surface area contributed by atoms with Gasteiger partial charge < -0.3 is 14.4 Å². The van der Waals surface area contributed by atoms with Gasteiger partial charge in [-0.05, 0) is 51.6 Å². The van der Waals surface area contributed by atoms with Crippen LogP contribution < -0.4 is 0 Å². The predicted octanol–water partition coefficient (Wildman–Crippen LogP) is 6.90. The van der Waals surface area contributed by atoms with E-state index >= 15 is 0 Å². The van der Waals surface area contributed by atoms with Crippen molar-refractivity contribution in [2.75, 3.05) is 32.9 Å². The minimum Gasteiger partial charge on any atom is -0.381 e. The minimum atomic E-state index is 0.583. The summed E-state index contributed by atoms with van der Waals surface area (Å²) in [5.41, 5.74) is 0. The van der Waals surface area contributed by atoms with Gasteiger partial charge in [0.25, 0.3) is 0 Å². The smallest absolute Gasteiger partial charge is 0.0619 e. The fourth-order valence-electron chi connectivity index (χ4n) is 2.28. The Morgan fingerprint density at radius 1 is 0.741 bits per heavy atom. The lowest BCUT2D eigenvalue weighted by Gasteiger charge is -2.34. The first-order valence-electron chi connectivity index (χ1n) is 11.8. The molecule has 0 amide bonds. The zero-order chi connectivity index (χ0) is 21.8. The monoisotopic (exact) mass is 389 g/mol. The summed E-state index contributed by atoms with van der Waals surface area (Å²) in [5, 5.41) is 0. The molecule has 1 unspecified atom stereocenters. The molecule has 3 rings (SSSR count). The molecule has 3 aliphatic rings. The lowest BCUT2D eigenvalue weighted by Crippen LogP contribution is -2.41. The van der Waals surface area contributed by atoms with Gasteiger partial charge in [-0.2, -0.15) is 0 Å². The topological polar surface area (TPSA) is 21.7 Å². The molecular formula is C24H55NO2.